The fourth-order valence-corrected chi connectivity index (χ4v) is 0.955. The maximum absolute atomic E-state index is 13.0. The predicted octanol–water partition coefficient (Wildman–Crippen LogP) is 3.48. The van der Waals surface area contributed by atoms with Crippen LogP contribution in [-0.4, -0.2) is 0 Å². The number of benzene rings is 1. The molecule has 1 radical (unpaired) electrons. The molecule has 0 saturated heterocycles. The minimum atomic E-state index is -0.422. The van der Waals surface area contributed by atoms with Crippen molar-refractivity contribution in [2.45, 2.75) is 13.3 Å². The van der Waals surface area contributed by atoms with Gasteiger partial charge in [0.25, 0.3) is 0 Å². The lowest BCUT2D eigenvalue weighted by Crippen LogP contribution is -1.90. The zero-order valence-corrected chi connectivity index (χ0v) is 7.48. The van der Waals surface area contributed by atoms with Crippen LogP contribution in [0.4, 0.5) is 8.78 Å². The van der Waals surface area contributed by atoms with Gasteiger partial charge in [0.1, 0.15) is 11.6 Å². The van der Waals surface area contributed by atoms with E-state index in [-0.39, 0.29) is 0 Å². The Morgan fingerprint density at radius 1 is 1.46 bits per heavy atom. The van der Waals surface area contributed by atoms with E-state index in [1.807, 2.05) is 6.92 Å². The number of rotatable bonds is 3. The highest BCUT2D eigenvalue weighted by Crippen LogP contribution is 2.15. The first-order chi connectivity index (χ1) is 6.09. The van der Waals surface area contributed by atoms with Crippen LogP contribution in [0, 0.1) is 18.1 Å². The van der Waals surface area contributed by atoms with Crippen molar-refractivity contribution in [3.63, 3.8) is 0 Å². The third-order valence-corrected chi connectivity index (χ3v) is 1.63. The van der Waals surface area contributed by atoms with Crippen LogP contribution in [0.3, 0.4) is 0 Å². The highest BCUT2D eigenvalue weighted by molar-refractivity contribution is 5.27. The van der Waals surface area contributed by atoms with E-state index < -0.39 is 11.6 Å². The van der Waals surface area contributed by atoms with Gasteiger partial charge in [-0.1, -0.05) is 5.57 Å². The molecular weight excluding hydrogens is 170 g/mol. The van der Waals surface area contributed by atoms with E-state index in [4.69, 9.17) is 0 Å². The molecule has 0 aliphatic heterocycles. The highest BCUT2D eigenvalue weighted by Gasteiger charge is 2.03. The van der Waals surface area contributed by atoms with Crippen molar-refractivity contribution in [3.05, 3.63) is 54.0 Å². The van der Waals surface area contributed by atoms with Gasteiger partial charge < -0.3 is 0 Å². The first-order valence-corrected chi connectivity index (χ1v) is 4.02. The summed E-state index contributed by atoms with van der Waals surface area (Å²) in [6.07, 6.45) is 2.20. The van der Waals surface area contributed by atoms with Crippen LogP contribution in [0.15, 0.2) is 30.4 Å². The first kappa shape index (κ1) is 9.90. The summed E-state index contributed by atoms with van der Waals surface area (Å²) in [5.74, 6) is -0.822. The van der Waals surface area contributed by atoms with E-state index in [1.54, 1.807) is 6.42 Å². The van der Waals surface area contributed by atoms with Crippen LogP contribution in [0.5, 0.6) is 0 Å². The van der Waals surface area contributed by atoms with Gasteiger partial charge >= 0.3 is 0 Å². The Bertz CT molecular complexity index is 316. The van der Waals surface area contributed by atoms with Crippen LogP contribution in [0.1, 0.15) is 18.9 Å². The SMILES string of the molecule is C=C(C)C[CH]c1cc(F)ccc1F. The Balaban J connectivity index is 2.75. The lowest BCUT2D eigenvalue weighted by molar-refractivity contribution is 0.593. The summed E-state index contributed by atoms with van der Waals surface area (Å²) in [5.41, 5.74) is 1.21. The summed E-state index contributed by atoms with van der Waals surface area (Å²) in [6, 6.07) is 3.41. The normalized spacial score (nSPS) is 10.1. The van der Waals surface area contributed by atoms with Crippen molar-refractivity contribution >= 4 is 0 Å². The molecular formula is C11H11F2. The van der Waals surface area contributed by atoms with E-state index in [2.05, 4.69) is 6.58 Å². The third-order valence-electron chi connectivity index (χ3n) is 1.63. The van der Waals surface area contributed by atoms with E-state index in [0.717, 1.165) is 17.7 Å². The summed E-state index contributed by atoms with van der Waals surface area (Å²) in [5, 5.41) is 0. The molecule has 0 aliphatic carbocycles. The largest absolute Gasteiger partial charge is 0.207 e. The van der Waals surface area contributed by atoms with Gasteiger partial charge in [0.2, 0.25) is 0 Å². The van der Waals surface area contributed by atoms with Crippen molar-refractivity contribution in [1.82, 2.24) is 0 Å². The molecule has 0 bridgehead atoms. The van der Waals surface area contributed by atoms with Crippen LogP contribution in [-0.2, 0) is 0 Å². The molecule has 2 heteroatoms. The average Bonchev–Trinajstić information content (AvgIpc) is 2.06. The van der Waals surface area contributed by atoms with Gasteiger partial charge in [0.05, 0.1) is 0 Å². The van der Waals surface area contributed by atoms with Crippen molar-refractivity contribution in [1.29, 1.82) is 0 Å². The molecule has 1 aromatic carbocycles. The van der Waals surface area contributed by atoms with Crippen LogP contribution in [0.2, 0.25) is 0 Å². The lowest BCUT2D eigenvalue weighted by atomic mass is 10.1. The summed E-state index contributed by atoms with van der Waals surface area (Å²) in [7, 11) is 0. The zero-order valence-electron chi connectivity index (χ0n) is 7.48. The minimum Gasteiger partial charge on any atom is -0.207 e. The zero-order chi connectivity index (χ0) is 9.84. The van der Waals surface area contributed by atoms with Crippen LogP contribution in [0.25, 0.3) is 0 Å². The van der Waals surface area contributed by atoms with Gasteiger partial charge in [-0.05, 0) is 43.5 Å². The highest BCUT2D eigenvalue weighted by atomic mass is 19.1. The molecule has 13 heavy (non-hydrogen) atoms. The standard InChI is InChI=1S/C11H11F2/c1-8(2)3-4-9-7-10(12)5-6-11(9)13/h4-7H,1,3H2,2H3. The van der Waals surface area contributed by atoms with E-state index in [9.17, 15) is 8.78 Å². The predicted molar refractivity (Wildman–Crippen MR) is 49.2 cm³/mol. The van der Waals surface area contributed by atoms with E-state index in [1.165, 1.54) is 6.07 Å². The fraction of sp³-hybridized carbons (Fsp3) is 0.182. The molecule has 0 unspecified atom stereocenters. The second kappa shape index (κ2) is 4.17. The maximum Gasteiger partial charge on any atom is 0.126 e. The summed E-state index contributed by atoms with van der Waals surface area (Å²) < 4.78 is 25.7. The minimum absolute atomic E-state index is 0.294. The van der Waals surface area contributed by atoms with E-state index >= 15 is 0 Å². The Labute approximate surface area is 76.9 Å². The van der Waals surface area contributed by atoms with Crippen molar-refractivity contribution in [3.8, 4) is 0 Å². The van der Waals surface area contributed by atoms with Gasteiger partial charge in [0.15, 0.2) is 0 Å². The maximum atomic E-state index is 13.0. The van der Waals surface area contributed by atoms with Crippen LogP contribution < -0.4 is 0 Å². The molecule has 69 valence electrons. The molecule has 1 aromatic rings. The monoisotopic (exact) mass is 181 g/mol. The molecule has 0 aromatic heterocycles. The smallest absolute Gasteiger partial charge is 0.126 e. The molecule has 0 nitrogen and oxygen atoms in total. The lowest BCUT2D eigenvalue weighted by Gasteiger charge is -2.02. The quantitative estimate of drug-likeness (QED) is 0.626. The number of allylic oxidation sites excluding steroid dienone is 1. The Kier molecular flexibility index (Phi) is 3.18. The molecule has 0 amide bonds. The Hall–Kier alpha value is -1.18. The molecule has 0 fully saturated rings. The molecule has 0 N–H and O–H groups in total. The number of hydrogen-bond acceptors (Lipinski definition) is 0. The molecule has 0 atom stereocenters. The van der Waals surface area contributed by atoms with E-state index in [0.29, 0.717) is 12.0 Å². The molecule has 0 aliphatic rings. The molecule has 0 saturated carbocycles. The molecule has 0 spiro atoms. The number of hydrogen-bond donors (Lipinski definition) is 0. The average molecular weight is 181 g/mol. The topological polar surface area (TPSA) is 0 Å². The molecule has 0 heterocycles. The fourth-order valence-electron chi connectivity index (χ4n) is 0.955. The van der Waals surface area contributed by atoms with Gasteiger partial charge in [-0.25, -0.2) is 8.78 Å². The second-order valence-electron chi connectivity index (χ2n) is 3.03. The Morgan fingerprint density at radius 3 is 2.77 bits per heavy atom. The van der Waals surface area contributed by atoms with Crippen molar-refractivity contribution in [2.24, 2.45) is 0 Å². The molecule has 1 rings (SSSR count). The summed E-state index contributed by atoms with van der Waals surface area (Å²) in [6.45, 7) is 5.52. The van der Waals surface area contributed by atoms with Gasteiger partial charge in [0, 0.05) is 0 Å². The first-order valence-electron chi connectivity index (χ1n) is 4.02. The van der Waals surface area contributed by atoms with Gasteiger partial charge in [-0.2, -0.15) is 0 Å². The third kappa shape index (κ3) is 2.98. The van der Waals surface area contributed by atoms with Crippen LogP contribution >= 0.6 is 0 Å². The second-order valence-corrected chi connectivity index (χ2v) is 3.03. The summed E-state index contributed by atoms with van der Waals surface area (Å²) >= 11 is 0. The van der Waals surface area contributed by atoms with Crippen molar-refractivity contribution in [2.75, 3.05) is 0 Å². The van der Waals surface area contributed by atoms with Crippen molar-refractivity contribution < 1.29 is 8.78 Å². The van der Waals surface area contributed by atoms with Gasteiger partial charge in [-0.15, -0.1) is 6.58 Å². The summed E-state index contributed by atoms with van der Waals surface area (Å²) in [4.78, 5) is 0. The number of halogens is 2. The van der Waals surface area contributed by atoms with Gasteiger partial charge in [-0.3, -0.25) is 0 Å². The Morgan fingerprint density at radius 2 is 2.15 bits per heavy atom.